The van der Waals surface area contributed by atoms with E-state index in [0.29, 0.717) is 35.1 Å². The molecule has 0 saturated carbocycles. The lowest BCUT2D eigenvalue weighted by molar-refractivity contribution is -0.143. The van der Waals surface area contributed by atoms with Crippen LogP contribution in [0.15, 0.2) is 42.5 Å². The van der Waals surface area contributed by atoms with Crippen LogP contribution in [0.4, 0.5) is 13.2 Å². The van der Waals surface area contributed by atoms with Crippen molar-refractivity contribution in [3.8, 4) is 5.75 Å². The van der Waals surface area contributed by atoms with Crippen molar-refractivity contribution < 1.29 is 32.2 Å². The zero-order valence-electron chi connectivity index (χ0n) is 17.2. The third-order valence-electron chi connectivity index (χ3n) is 5.79. The van der Waals surface area contributed by atoms with Crippen LogP contribution in [0.25, 0.3) is 10.9 Å². The zero-order chi connectivity index (χ0) is 23.0. The molecule has 3 aromatic rings. The number of fused-ring (bicyclic) bond motifs is 3. The van der Waals surface area contributed by atoms with Gasteiger partial charge in [0.1, 0.15) is 5.75 Å². The fourth-order valence-corrected chi connectivity index (χ4v) is 4.41. The molecule has 1 aliphatic rings. The number of rotatable bonds is 6. The van der Waals surface area contributed by atoms with Crippen molar-refractivity contribution >= 4 is 22.8 Å². The minimum Gasteiger partial charge on any atom is -0.481 e. The lowest BCUT2D eigenvalue weighted by Gasteiger charge is -2.16. The Kier molecular flexibility index (Phi) is 5.58. The summed E-state index contributed by atoms with van der Waals surface area (Å²) in [5, 5.41) is 0.581. The summed E-state index contributed by atoms with van der Waals surface area (Å²) >= 11 is 0. The fourth-order valence-electron chi connectivity index (χ4n) is 4.41. The Morgan fingerprint density at radius 2 is 1.91 bits per heavy atom. The SMILES string of the molecule is COC(=O)COc1cccc2c1c1c(n2Cc2ccccc2C(F)(F)F)CCC1C(N)=O. The van der Waals surface area contributed by atoms with Crippen LogP contribution in [0, 0.1) is 0 Å². The molecule has 1 heterocycles. The molecule has 0 spiro atoms. The number of nitrogens with two attached hydrogens (primary N) is 1. The van der Waals surface area contributed by atoms with Gasteiger partial charge in [0.15, 0.2) is 6.61 Å². The van der Waals surface area contributed by atoms with Gasteiger partial charge in [0.2, 0.25) is 5.91 Å². The third-order valence-corrected chi connectivity index (χ3v) is 5.79. The number of hydrogen-bond donors (Lipinski definition) is 1. The molecular weight excluding hydrogens is 425 g/mol. The summed E-state index contributed by atoms with van der Waals surface area (Å²) in [7, 11) is 1.24. The maximum atomic E-state index is 13.6. The number of nitrogens with zero attached hydrogens (tertiary/aromatic N) is 1. The molecule has 168 valence electrons. The van der Waals surface area contributed by atoms with E-state index in [1.165, 1.54) is 19.2 Å². The standard InChI is InChI=1S/C23H21F3N2O4/c1-31-19(29)12-32-18-8-4-7-16-21(18)20-14(22(27)30)9-10-17(20)28(16)11-13-5-2-3-6-15(13)23(24,25)26/h2-8,14H,9-12H2,1H3,(H2,27,30). The molecule has 4 rings (SSSR count). The van der Waals surface area contributed by atoms with Gasteiger partial charge in [-0.1, -0.05) is 24.3 Å². The second-order valence-electron chi connectivity index (χ2n) is 7.61. The van der Waals surface area contributed by atoms with Crippen LogP contribution in [0.5, 0.6) is 5.75 Å². The van der Waals surface area contributed by atoms with Crippen LogP contribution < -0.4 is 10.5 Å². The molecule has 0 radical (unpaired) electrons. The number of halogens is 3. The van der Waals surface area contributed by atoms with Crippen molar-refractivity contribution in [3.05, 3.63) is 64.8 Å². The Morgan fingerprint density at radius 1 is 1.16 bits per heavy atom. The predicted molar refractivity (Wildman–Crippen MR) is 110 cm³/mol. The molecule has 1 atom stereocenters. The van der Waals surface area contributed by atoms with Crippen molar-refractivity contribution in [2.45, 2.75) is 31.5 Å². The van der Waals surface area contributed by atoms with Gasteiger partial charge < -0.3 is 19.8 Å². The fraction of sp³-hybridized carbons (Fsp3) is 0.304. The maximum Gasteiger partial charge on any atom is 0.416 e. The molecule has 9 heteroatoms. The summed E-state index contributed by atoms with van der Waals surface area (Å²) < 4.78 is 52.8. The van der Waals surface area contributed by atoms with Gasteiger partial charge in [-0.3, -0.25) is 4.79 Å². The van der Waals surface area contributed by atoms with Crippen LogP contribution in [0.3, 0.4) is 0 Å². The summed E-state index contributed by atoms with van der Waals surface area (Å²) in [6.45, 7) is -0.374. The van der Waals surface area contributed by atoms with Crippen LogP contribution in [0.2, 0.25) is 0 Å². The topological polar surface area (TPSA) is 83.6 Å². The molecule has 0 bridgehead atoms. The lowest BCUT2D eigenvalue weighted by Crippen LogP contribution is -2.19. The first-order valence-electron chi connectivity index (χ1n) is 10.0. The summed E-state index contributed by atoms with van der Waals surface area (Å²) in [5.41, 5.74) is 7.04. The number of esters is 1. The number of carbonyl (C=O) groups excluding carboxylic acids is 2. The average molecular weight is 446 g/mol. The molecule has 2 N–H and O–H groups in total. The Bertz CT molecular complexity index is 1200. The van der Waals surface area contributed by atoms with Crippen LogP contribution in [-0.2, 0) is 33.5 Å². The number of methoxy groups -OCH3 is 1. The second-order valence-corrected chi connectivity index (χ2v) is 7.61. The number of aromatic nitrogens is 1. The first kappa shape index (κ1) is 21.7. The molecule has 1 aromatic heterocycles. The highest BCUT2D eigenvalue weighted by Crippen LogP contribution is 2.45. The highest BCUT2D eigenvalue weighted by Gasteiger charge is 2.36. The highest BCUT2D eigenvalue weighted by molar-refractivity contribution is 5.97. The number of alkyl halides is 3. The zero-order valence-corrected chi connectivity index (χ0v) is 17.2. The first-order chi connectivity index (χ1) is 15.2. The molecule has 1 unspecified atom stereocenters. The Morgan fingerprint density at radius 3 is 2.59 bits per heavy atom. The van der Waals surface area contributed by atoms with Crippen LogP contribution in [0.1, 0.15) is 34.7 Å². The number of carbonyl (C=O) groups is 2. The Hall–Kier alpha value is -3.49. The molecule has 32 heavy (non-hydrogen) atoms. The van der Waals surface area contributed by atoms with Crippen molar-refractivity contribution in [3.63, 3.8) is 0 Å². The quantitative estimate of drug-likeness (QED) is 0.585. The number of hydrogen-bond acceptors (Lipinski definition) is 4. The molecular formula is C23H21F3N2O4. The number of ether oxygens (including phenoxy) is 2. The summed E-state index contributed by atoms with van der Waals surface area (Å²) in [6.07, 6.45) is -3.54. The van der Waals surface area contributed by atoms with Gasteiger partial charge >= 0.3 is 12.1 Å². The van der Waals surface area contributed by atoms with E-state index < -0.39 is 29.5 Å². The number of amides is 1. The largest absolute Gasteiger partial charge is 0.481 e. The second kappa shape index (κ2) is 8.22. The normalized spacial score (nSPS) is 15.6. The van der Waals surface area contributed by atoms with E-state index in [-0.39, 0.29) is 18.7 Å². The number of primary amides is 1. The molecule has 2 aromatic carbocycles. The van der Waals surface area contributed by atoms with Gasteiger partial charge in [-0.05, 0) is 42.2 Å². The smallest absolute Gasteiger partial charge is 0.416 e. The Labute approximate surface area is 181 Å². The van der Waals surface area contributed by atoms with E-state index >= 15 is 0 Å². The first-order valence-corrected chi connectivity index (χ1v) is 10.0. The third kappa shape index (κ3) is 3.79. The van der Waals surface area contributed by atoms with Crippen molar-refractivity contribution in [1.82, 2.24) is 4.57 Å². The molecule has 1 amide bonds. The summed E-state index contributed by atoms with van der Waals surface area (Å²) in [6, 6.07) is 10.5. The van der Waals surface area contributed by atoms with Crippen LogP contribution >= 0.6 is 0 Å². The van der Waals surface area contributed by atoms with E-state index in [1.54, 1.807) is 28.8 Å². The van der Waals surface area contributed by atoms with Crippen molar-refractivity contribution in [2.24, 2.45) is 5.73 Å². The van der Waals surface area contributed by atoms with Gasteiger partial charge in [0, 0.05) is 17.6 Å². The van der Waals surface area contributed by atoms with Gasteiger partial charge in [-0.2, -0.15) is 13.2 Å². The highest BCUT2D eigenvalue weighted by atomic mass is 19.4. The van der Waals surface area contributed by atoms with E-state index in [2.05, 4.69) is 4.74 Å². The maximum absolute atomic E-state index is 13.6. The molecule has 1 aliphatic carbocycles. The van der Waals surface area contributed by atoms with E-state index in [9.17, 15) is 22.8 Å². The van der Waals surface area contributed by atoms with Gasteiger partial charge in [-0.15, -0.1) is 0 Å². The van der Waals surface area contributed by atoms with E-state index in [4.69, 9.17) is 10.5 Å². The van der Waals surface area contributed by atoms with Gasteiger partial charge in [0.25, 0.3) is 0 Å². The van der Waals surface area contributed by atoms with Crippen molar-refractivity contribution in [2.75, 3.05) is 13.7 Å². The molecule has 0 aliphatic heterocycles. The number of benzene rings is 2. The average Bonchev–Trinajstić information content (AvgIpc) is 3.31. The monoisotopic (exact) mass is 446 g/mol. The van der Waals surface area contributed by atoms with Crippen molar-refractivity contribution in [1.29, 1.82) is 0 Å². The van der Waals surface area contributed by atoms with Gasteiger partial charge in [0.05, 0.1) is 24.1 Å². The van der Waals surface area contributed by atoms with E-state index in [1.807, 2.05) is 0 Å². The summed E-state index contributed by atoms with van der Waals surface area (Å²) in [5.74, 6) is -1.33. The van der Waals surface area contributed by atoms with E-state index in [0.717, 1.165) is 11.8 Å². The van der Waals surface area contributed by atoms with Crippen LogP contribution in [-0.4, -0.2) is 30.2 Å². The Balaban J connectivity index is 1.88. The molecule has 6 nitrogen and oxygen atoms in total. The minimum atomic E-state index is -4.49. The van der Waals surface area contributed by atoms with Gasteiger partial charge in [-0.25, -0.2) is 4.79 Å². The molecule has 0 saturated heterocycles. The molecule has 0 fully saturated rings. The summed E-state index contributed by atoms with van der Waals surface area (Å²) in [4.78, 5) is 23.7. The minimum absolute atomic E-state index is 0.0343. The predicted octanol–water partition coefficient (Wildman–Crippen LogP) is 3.78. The lowest BCUT2D eigenvalue weighted by atomic mass is 9.99.